The molecular formula is C21H31N5O2. The van der Waals surface area contributed by atoms with Gasteiger partial charge in [0.15, 0.2) is 0 Å². The Labute approximate surface area is 168 Å². The molecule has 1 N–H and O–H groups in total. The molecule has 2 aromatic rings. The van der Waals surface area contributed by atoms with Crippen molar-refractivity contribution in [1.82, 2.24) is 14.9 Å². The van der Waals surface area contributed by atoms with E-state index in [0.717, 1.165) is 12.1 Å². The third kappa shape index (κ3) is 10.1. The van der Waals surface area contributed by atoms with Crippen molar-refractivity contribution >= 4 is 5.69 Å². The van der Waals surface area contributed by atoms with Crippen LogP contribution in [0, 0.1) is 11.3 Å². The van der Waals surface area contributed by atoms with E-state index in [1.54, 1.807) is 42.6 Å². The van der Waals surface area contributed by atoms with Gasteiger partial charge in [0.2, 0.25) is 0 Å². The fraction of sp³-hybridized carbons (Fsp3) is 0.381. The maximum absolute atomic E-state index is 8.86. The van der Waals surface area contributed by atoms with Crippen LogP contribution >= 0.6 is 0 Å². The largest absolute Gasteiger partial charge is 0.500 e. The first-order chi connectivity index (χ1) is 13.6. The topological polar surface area (TPSA) is 87.2 Å². The van der Waals surface area contributed by atoms with Gasteiger partial charge >= 0.3 is 0 Å². The van der Waals surface area contributed by atoms with Crippen molar-refractivity contribution in [3.05, 3.63) is 67.5 Å². The van der Waals surface area contributed by atoms with Crippen LogP contribution in [0.2, 0.25) is 0 Å². The molecule has 0 amide bonds. The average Bonchev–Trinajstić information content (AvgIpc) is 3.27. The van der Waals surface area contributed by atoms with Crippen LogP contribution in [0.4, 0.5) is 5.69 Å². The Morgan fingerprint density at radius 1 is 1.29 bits per heavy atom. The molecule has 0 aliphatic rings. The Morgan fingerprint density at radius 3 is 2.32 bits per heavy atom. The lowest BCUT2D eigenvalue weighted by Crippen LogP contribution is -2.31. The number of hydrogen-bond donors (Lipinski definition) is 1. The SMILES string of the molecule is C=CC(C)O.CC.CC/C=C/OCCN(c1ccc(C#N)cc1)n1cnnc1. The highest BCUT2D eigenvalue weighted by atomic mass is 16.5. The summed E-state index contributed by atoms with van der Waals surface area (Å²) in [5.41, 5.74) is 1.57. The van der Waals surface area contributed by atoms with Gasteiger partial charge in [-0.1, -0.05) is 32.9 Å². The molecule has 28 heavy (non-hydrogen) atoms. The standard InChI is InChI=1S/C15H17N5O.C4H8O.C2H6/c1-2-3-9-21-10-8-20(19-12-17-18-13-19)15-6-4-14(11-16)5-7-15;1-3-4(2)5;1-2/h3-7,9,12-13H,2,8,10H2,1H3;3-5H,1H2,2H3;1-2H3/b9-3+;;. The van der Waals surface area contributed by atoms with Gasteiger partial charge in [0.1, 0.15) is 19.3 Å². The Kier molecular flexibility index (Phi) is 14.3. The van der Waals surface area contributed by atoms with E-state index in [2.05, 4.69) is 29.8 Å². The van der Waals surface area contributed by atoms with Crippen LogP contribution in [0.5, 0.6) is 0 Å². The molecule has 7 heteroatoms. The molecule has 0 radical (unpaired) electrons. The lowest BCUT2D eigenvalue weighted by Gasteiger charge is -2.24. The van der Waals surface area contributed by atoms with Gasteiger partial charge in [0.05, 0.1) is 36.2 Å². The van der Waals surface area contributed by atoms with Gasteiger partial charge in [-0.3, -0.25) is 5.01 Å². The molecule has 1 atom stereocenters. The van der Waals surface area contributed by atoms with Gasteiger partial charge in [-0.15, -0.1) is 16.8 Å². The van der Waals surface area contributed by atoms with Crippen LogP contribution in [-0.2, 0) is 4.74 Å². The number of anilines is 1. The van der Waals surface area contributed by atoms with E-state index in [9.17, 15) is 0 Å². The van der Waals surface area contributed by atoms with Crippen molar-refractivity contribution < 1.29 is 9.84 Å². The number of aliphatic hydroxyl groups is 1. The number of hydrogen-bond acceptors (Lipinski definition) is 6. The Morgan fingerprint density at radius 2 is 1.86 bits per heavy atom. The minimum absolute atomic E-state index is 0.352. The van der Waals surface area contributed by atoms with E-state index < -0.39 is 0 Å². The third-order valence-corrected chi connectivity index (χ3v) is 3.17. The Bertz CT molecular complexity index is 689. The van der Waals surface area contributed by atoms with Gasteiger partial charge < -0.3 is 9.84 Å². The maximum atomic E-state index is 8.86. The first-order valence-corrected chi connectivity index (χ1v) is 9.32. The van der Waals surface area contributed by atoms with E-state index in [4.69, 9.17) is 15.1 Å². The predicted molar refractivity (Wildman–Crippen MR) is 113 cm³/mol. The Balaban J connectivity index is 0.000000906. The molecule has 0 aliphatic heterocycles. The van der Waals surface area contributed by atoms with Crippen molar-refractivity contribution in [1.29, 1.82) is 5.26 Å². The second kappa shape index (κ2) is 16.1. The summed E-state index contributed by atoms with van der Waals surface area (Å²) in [6, 6.07) is 9.45. The molecule has 1 heterocycles. The highest BCUT2D eigenvalue weighted by Gasteiger charge is 2.08. The van der Waals surface area contributed by atoms with E-state index in [0.29, 0.717) is 18.7 Å². The fourth-order valence-corrected chi connectivity index (χ4v) is 1.78. The smallest absolute Gasteiger partial charge is 0.139 e. The predicted octanol–water partition coefficient (Wildman–Crippen LogP) is 3.94. The van der Waals surface area contributed by atoms with Gasteiger partial charge in [-0.05, 0) is 37.6 Å². The molecule has 2 rings (SSSR count). The molecule has 0 aliphatic carbocycles. The molecule has 0 fully saturated rings. The van der Waals surface area contributed by atoms with Crippen LogP contribution in [0.3, 0.4) is 0 Å². The quantitative estimate of drug-likeness (QED) is 0.421. The van der Waals surface area contributed by atoms with Gasteiger partial charge in [0.25, 0.3) is 0 Å². The zero-order chi connectivity index (χ0) is 21.2. The number of aliphatic hydroxyl groups excluding tert-OH is 1. The second-order valence-electron chi connectivity index (χ2n) is 5.25. The summed E-state index contributed by atoms with van der Waals surface area (Å²) < 4.78 is 7.23. The molecule has 1 unspecified atom stereocenters. The van der Waals surface area contributed by atoms with Gasteiger partial charge in [0, 0.05) is 0 Å². The van der Waals surface area contributed by atoms with Crippen molar-refractivity contribution in [3.63, 3.8) is 0 Å². The molecule has 7 nitrogen and oxygen atoms in total. The van der Waals surface area contributed by atoms with E-state index in [-0.39, 0.29) is 6.10 Å². The van der Waals surface area contributed by atoms with E-state index in [1.807, 2.05) is 37.1 Å². The number of nitrogens with zero attached hydrogens (tertiary/aromatic N) is 5. The highest BCUT2D eigenvalue weighted by molar-refractivity contribution is 5.49. The van der Waals surface area contributed by atoms with Crippen LogP contribution < -0.4 is 5.01 Å². The zero-order valence-corrected chi connectivity index (χ0v) is 17.2. The van der Waals surface area contributed by atoms with E-state index in [1.165, 1.54) is 6.08 Å². The van der Waals surface area contributed by atoms with Crippen molar-refractivity contribution in [2.45, 2.75) is 40.2 Å². The zero-order valence-electron chi connectivity index (χ0n) is 17.2. The lowest BCUT2D eigenvalue weighted by molar-refractivity contribution is 0.244. The van der Waals surface area contributed by atoms with Crippen LogP contribution in [0.15, 0.2) is 61.9 Å². The molecule has 152 valence electrons. The summed E-state index contributed by atoms with van der Waals surface area (Å²) in [6.45, 7) is 12.2. The minimum Gasteiger partial charge on any atom is -0.500 e. The first-order valence-electron chi connectivity index (χ1n) is 9.32. The average molecular weight is 386 g/mol. The summed E-state index contributed by atoms with van der Waals surface area (Å²) in [5, 5.41) is 26.7. The number of allylic oxidation sites excluding steroid dienone is 1. The summed E-state index contributed by atoms with van der Waals surface area (Å²) in [7, 11) is 0. The summed E-state index contributed by atoms with van der Waals surface area (Å²) in [6.07, 6.45) is 8.99. The van der Waals surface area contributed by atoms with Gasteiger partial charge in [-0.25, -0.2) is 4.68 Å². The van der Waals surface area contributed by atoms with Crippen LogP contribution in [0.1, 0.15) is 39.7 Å². The molecule has 1 aromatic carbocycles. The minimum atomic E-state index is -0.352. The molecular weight excluding hydrogens is 354 g/mol. The molecule has 0 saturated heterocycles. The normalized spacial score (nSPS) is 10.6. The van der Waals surface area contributed by atoms with Crippen LogP contribution in [-0.4, -0.2) is 39.2 Å². The van der Waals surface area contributed by atoms with Gasteiger partial charge in [-0.2, -0.15) is 5.26 Å². The van der Waals surface area contributed by atoms with Crippen molar-refractivity contribution in [2.75, 3.05) is 18.2 Å². The fourth-order valence-electron chi connectivity index (χ4n) is 1.78. The number of benzene rings is 1. The summed E-state index contributed by atoms with van der Waals surface area (Å²) in [4.78, 5) is 0. The second-order valence-corrected chi connectivity index (χ2v) is 5.25. The van der Waals surface area contributed by atoms with Crippen molar-refractivity contribution in [3.8, 4) is 6.07 Å². The molecule has 0 spiro atoms. The number of rotatable bonds is 8. The summed E-state index contributed by atoms with van der Waals surface area (Å²) in [5.74, 6) is 0. The third-order valence-electron chi connectivity index (χ3n) is 3.17. The number of aromatic nitrogens is 3. The van der Waals surface area contributed by atoms with Crippen molar-refractivity contribution in [2.24, 2.45) is 0 Å². The Hall–Kier alpha value is -3.11. The highest BCUT2D eigenvalue weighted by Crippen LogP contribution is 2.15. The van der Waals surface area contributed by atoms with Crippen LogP contribution in [0.25, 0.3) is 0 Å². The molecule has 0 saturated carbocycles. The maximum Gasteiger partial charge on any atom is 0.139 e. The lowest BCUT2D eigenvalue weighted by atomic mass is 10.2. The molecule has 0 bridgehead atoms. The monoisotopic (exact) mass is 385 g/mol. The summed E-state index contributed by atoms with van der Waals surface area (Å²) >= 11 is 0. The molecule has 1 aromatic heterocycles. The number of ether oxygens (including phenoxy) is 1. The number of nitriles is 1. The van der Waals surface area contributed by atoms with E-state index >= 15 is 0 Å². The first kappa shape index (κ1) is 24.9.